The zero-order chi connectivity index (χ0) is 22.6. The summed E-state index contributed by atoms with van der Waals surface area (Å²) < 4.78 is 47.4. The first kappa shape index (κ1) is 20.3. The lowest BCUT2D eigenvalue weighted by Crippen LogP contribution is -2.36. The molecular weight excluding hydrogens is 425 g/mol. The molecule has 0 unspecified atom stereocenters. The van der Waals surface area contributed by atoms with Crippen molar-refractivity contribution in [1.82, 2.24) is 29.4 Å². The Hall–Kier alpha value is -3.57. The van der Waals surface area contributed by atoms with Crippen LogP contribution >= 0.6 is 0 Å². The van der Waals surface area contributed by atoms with Crippen LogP contribution in [0.25, 0.3) is 16.6 Å². The largest absolute Gasteiger partial charge is 0.494 e. The van der Waals surface area contributed by atoms with Crippen LogP contribution in [0.1, 0.15) is 30.3 Å². The second-order valence-corrected chi connectivity index (χ2v) is 7.83. The van der Waals surface area contributed by atoms with E-state index in [4.69, 9.17) is 15.5 Å². The van der Waals surface area contributed by atoms with Gasteiger partial charge >= 0.3 is 6.18 Å². The summed E-state index contributed by atoms with van der Waals surface area (Å²) in [5.41, 5.74) is 6.40. The zero-order valence-electron chi connectivity index (χ0n) is 17.5. The number of halogens is 3. The van der Waals surface area contributed by atoms with E-state index in [9.17, 15) is 13.2 Å². The Labute approximate surface area is 180 Å². The second-order valence-electron chi connectivity index (χ2n) is 7.83. The molecule has 1 aromatic carbocycles. The van der Waals surface area contributed by atoms with Crippen LogP contribution in [0.4, 0.5) is 24.9 Å². The van der Waals surface area contributed by atoms with Crippen molar-refractivity contribution in [1.29, 1.82) is 0 Å². The van der Waals surface area contributed by atoms with Crippen LogP contribution in [-0.4, -0.2) is 49.6 Å². The summed E-state index contributed by atoms with van der Waals surface area (Å²) in [5.74, 6) is 1.69. The zero-order valence-corrected chi connectivity index (χ0v) is 17.5. The highest BCUT2D eigenvalue weighted by Gasteiger charge is 2.36. The quantitative estimate of drug-likeness (QED) is 0.516. The van der Waals surface area contributed by atoms with E-state index >= 15 is 0 Å². The van der Waals surface area contributed by atoms with Gasteiger partial charge in [0.05, 0.1) is 7.11 Å². The number of aromatic nitrogens is 6. The van der Waals surface area contributed by atoms with Gasteiger partial charge in [-0.1, -0.05) is 6.07 Å². The number of methoxy groups -OCH3 is 1. The number of hydrogen-bond acceptors (Lipinski definition) is 7. The van der Waals surface area contributed by atoms with E-state index in [0.717, 1.165) is 24.3 Å². The summed E-state index contributed by atoms with van der Waals surface area (Å²) in [6.07, 6.45) is -2.89. The lowest BCUT2D eigenvalue weighted by molar-refractivity contribution is -0.141. The van der Waals surface area contributed by atoms with E-state index in [1.165, 1.54) is 16.2 Å². The fourth-order valence-corrected chi connectivity index (χ4v) is 4.27. The molecule has 1 saturated heterocycles. The fourth-order valence-electron chi connectivity index (χ4n) is 4.27. The minimum Gasteiger partial charge on any atom is -0.494 e. The average Bonchev–Trinajstić information content (AvgIpc) is 3.38. The summed E-state index contributed by atoms with van der Waals surface area (Å²) in [6.45, 7) is 1.10. The standard InChI is InChI=1S/C20H21F3N8O/c1-29-15(9-14(27-29)20(21,22)23)30-8-4-5-11(10-30)17-26-18-12-6-3-7-13(32-2)16(12)25-19(24)31(18)28-17/h3,6-7,9,11H,4-5,8,10H2,1-2H3,(H2,24,25)/t11-/m1/s1. The third-order valence-corrected chi connectivity index (χ3v) is 5.78. The summed E-state index contributed by atoms with van der Waals surface area (Å²) in [5, 5.41) is 8.97. The number of fused-ring (bicyclic) bond motifs is 3. The molecule has 2 N–H and O–H groups in total. The Morgan fingerprint density at radius 2 is 2.00 bits per heavy atom. The van der Waals surface area contributed by atoms with Crippen LogP contribution in [0.5, 0.6) is 5.75 Å². The number of benzene rings is 1. The van der Waals surface area contributed by atoms with Crippen molar-refractivity contribution in [2.75, 3.05) is 30.8 Å². The van der Waals surface area contributed by atoms with Gasteiger partial charge < -0.3 is 15.4 Å². The number of piperidine rings is 1. The van der Waals surface area contributed by atoms with Crippen LogP contribution in [0.2, 0.25) is 0 Å². The highest BCUT2D eigenvalue weighted by molar-refractivity contribution is 5.95. The van der Waals surface area contributed by atoms with Gasteiger partial charge in [-0.3, -0.25) is 4.68 Å². The van der Waals surface area contributed by atoms with Gasteiger partial charge in [-0.05, 0) is 25.0 Å². The van der Waals surface area contributed by atoms with E-state index in [2.05, 4.69) is 15.2 Å². The number of alkyl halides is 3. The summed E-state index contributed by atoms with van der Waals surface area (Å²) in [7, 11) is 3.08. The van der Waals surface area contributed by atoms with Gasteiger partial charge in [0.1, 0.15) is 17.1 Å². The van der Waals surface area contributed by atoms with E-state index in [1.54, 1.807) is 13.2 Å². The number of nitrogen functional groups attached to an aromatic ring is 1. The first-order valence-electron chi connectivity index (χ1n) is 10.1. The predicted octanol–water partition coefficient (Wildman–Crippen LogP) is 3.00. The number of aryl methyl sites for hydroxylation is 1. The predicted molar refractivity (Wildman–Crippen MR) is 112 cm³/mol. The van der Waals surface area contributed by atoms with E-state index in [0.29, 0.717) is 41.6 Å². The van der Waals surface area contributed by atoms with Crippen LogP contribution in [0, 0.1) is 0 Å². The molecular formula is C20H21F3N8O. The molecule has 1 fully saturated rings. The van der Waals surface area contributed by atoms with Gasteiger partial charge in [0.25, 0.3) is 0 Å². The molecule has 0 amide bonds. The summed E-state index contributed by atoms with van der Waals surface area (Å²) in [4.78, 5) is 11.1. The van der Waals surface area contributed by atoms with Crippen molar-refractivity contribution in [2.45, 2.75) is 24.9 Å². The van der Waals surface area contributed by atoms with Crippen molar-refractivity contribution >= 4 is 28.3 Å². The molecule has 0 aliphatic carbocycles. The summed E-state index contributed by atoms with van der Waals surface area (Å²) in [6, 6.07) is 6.60. The van der Waals surface area contributed by atoms with Gasteiger partial charge in [0.15, 0.2) is 17.2 Å². The monoisotopic (exact) mass is 446 g/mol. The minimum absolute atomic E-state index is 0.0760. The number of ether oxygens (including phenoxy) is 1. The molecule has 4 aromatic rings. The number of para-hydroxylation sites is 1. The van der Waals surface area contributed by atoms with Gasteiger partial charge in [0.2, 0.25) is 5.95 Å². The molecule has 1 aliphatic heterocycles. The van der Waals surface area contributed by atoms with Crippen LogP contribution in [0.3, 0.4) is 0 Å². The van der Waals surface area contributed by atoms with Crippen LogP contribution in [-0.2, 0) is 13.2 Å². The van der Waals surface area contributed by atoms with Gasteiger partial charge in [-0.2, -0.15) is 22.8 Å². The maximum absolute atomic E-state index is 13.1. The van der Waals surface area contributed by atoms with Gasteiger partial charge in [-0.15, -0.1) is 5.10 Å². The van der Waals surface area contributed by atoms with Crippen molar-refractivity contribution in [2.24, 2.45) is 7.05 Å². The lowest BCUT2D eigenvalue weighted by Gasteiger charge is -2.32. The Morgan fingerprint density at radius 1 is 1.19 bits per heavy atom. The first-order valence-corrected chi connectivity index (χ1v) is 10.1. The number of nitrogens with two attached hydrogens (primary N) is 1. The van der Waals surface area contributed by atoms with Crippen LogP contribution < -0.4 is 15.4 Å². The molecule has 0 saturated carbocycles. The number of hydrogen-bond donors (Lipinski definition) is 1. The van der Waals surface area contributed by atoms with Gasteiger partial charge in [-0.25, -0.2) is 9.97 Å². The molecule has 5 rings (SSSR count). The molecule has 32 heavy (non-hydrogen) atoms. The molecule has 12 heteroatoms. The van der Waals surface area contributed by atoms with E-state index in [-0.39, 0.29) is 11.9 Å². The first-order chi connectivity index (χ1) is 15.3. The van der Waals surface area contributed by atoms with Gasteiger partial charge in [0, 0.05) is 37.5 Å². The van der Waals surface area contributed by atoms with Crippen molar-refractivity contribution in [3.63, 3.8) is 0 Å². The normalized spacial score (nSPS) is 17.4. The van der Waals surface area contributed by atoms with Crippen molar-refractivity contribution in [3.05, 3.63) is 35.8 Å². The molecule has 0 bridgehead atoms. The second kappa shape index (κ2) is 7.24. The van der Waals surface area contributed by atoms with Crippen molar-refractivity contribution in [3.8, 4) is 5.75 Å². The number of nitrogens with zero attached hydrogens (tertiary/aromatic N) is 7. The molecule has 168 valence electrons. The van der Waals surface area contributed by atoms with Crippen LogP contribution in [0.15, 0.2) is 24.3 Å². The minimum atomic E-state index is -4.49. The Kier molecular flexibility index (Phi) is 4.60. The Balaban J connectivity index is 1.51. The number of rotatable bonds is 3. The Bertz CT molecular complexity index is 1310. The fraction of sp³-hybridized carbons (Fsp3) is 0.400. The summed E-state index contributed by atoms with van der Waals surface area (Å²) >= 11 is 0. The molecule has 1 atom stereocenters. The lowest BCUT2D eigenvalue weighted by atomic mass is 9.97. The molecule has 1 aliphatic rings. The topological polar surface area (TPSA) is 99.4 Å². The molecule has 3 aromatic heterocycles. The molecule has 4 heterocycles. The molecule has 9 nitrogen and oxygen atoms in total. The molecule has 0 radical (unpaired) electrons. The maximum atomic E-state index is 13.1. The number of anilines is 2. The highest BCUT2D eigenvalue weighted by atomic mass is 19.4. The third-order valence-electron chi connectivity index (χ3n) is 5.78. The van der Waals surface area contributed by atoms with E-state index < -0.39 is 11.9 Å². The third kappa shape index (κ3) is 3.26. The average molecular weight is 446 g/mol. The maximum Gasteiger partial charge on any atom is 0.435 e. The smallest absolute Gasteiger partial charge is 0.435 e. The molecule has 0 spiro atoms. The van der Waals surface area contributed by atoms with Crippen molar-refractivity contribution < 1.29 is 17.9 Å². The van der Waals surface area contributed by atoms with E-state index in [1.807, 2.05) is 17.0 Å². The Morgan fingerprint density at radius 3 is 2.72 bits per heavy atom. The highest BCUT2D eigenvalue weighted by Crippen LogP contribution is 2.34. The SMILES string of the molecule is COc1cccc2c1nc(N)n1nc([C@@H]3CCCN(c4cc(C(F)(F)F)nn4C)C3)nc21.